The van der Waals surface area contributed by atoms with Crippen LogP contribution in [0.5, 0.6) is 0 Å². The van der Waals surface area contributed by atoms with Crippen molar-refractivity contribution in [2.45, 2.75) is 0 Å². The molecule has 0 atom stereocenters. The maximum atomic E-state index is 12.5. The Kier molecular flexibility index (Phi) is 4.46. The minimum Gasteiger partial charge on any atom is -0.351 e. The van der Waals surface area contributed by atoms with Crippen molar-refractivity contribution in [3.63, 3.8) is 0 Å². The largest absolute Gasteiger partial charge is 0.351 e. The molecule has 1 N–H and O–H groups in total. The van der Waals surface area contributed by atoms with Crippen molar-refractivity contribution >= 4 is 39.3 Å². The van der Waals surface area contributed by atoms with E-state index in [0.717, 1.165) is 22.8 Å². The Labute approximate surface area is 140 Å². The number of para-hydroxylation sites is 2. The first kappa shape index (κ1) is 15.7. The zero-order valence-electron chi connectivity index (χ0n) is 13.1. The summed E-state index contributed by atoms with van der Waals surface area (Å²) in [7, 11) is 3.94. The molecule has 0 spiro atoms. The SMILES string of the molecule is CN(C)CCNC(=O)c1cccc2c(Cl)c3ccccc3nc12. The topological polar surface area (TPSA) is 45.2 Å². The normalized spacial score (nSPS) is 11.3. The summed E-state index contributed by atoms with van der Waals surface area (Å²) in [4.78, 5) is 19.1. The molecule has 5 heteroatoms. The molecular formula is C18H18ClN3O. The van der Waals surface area contributed by atoms with Gasteiger partial charge < -0.3 is 10.2 Å². The molecule has 1 amide bonds. The molecule has 2 aromatic carbocycles. The van der Waals surface area contributed by atoms with Crippen molar-refractivity contribution in [1.82, 2.24) is 15.2 Å². The number of rotatable bonds is 4. The van der Waals surface area contributed by atoms with Crippen molar-refractivity contribution in [1.29, 1.82) is 0 Å². The second kappa shape index (κ2) is 6.52. The molecule has 0 aliphatic carbocycles. The first-order chi connectivity index (χ1) is 11.1. The van der Waals surface area contributed by atoms with Crippen LogP contribution in [0.4, 0.5) is 0 Å². The van der Waals surface area contributed by atoms with Gasteiger partial charge in [0.1, 0.15) is 0 Å². The quantitative estimate of drug-likeness (QED) is 0.748. The Balaban J connectivity index is 2.06. The number of nitrogens with zero attached hydrogens (tertiary/aromatic N) is 2. The third-order valence-corrected chi connectivity index (χ3v) is 4.14. The monoisotopic (exact) mass is 327 g/mol. The van der Waals surface area contributed by atoms with Crippen LogP contribution in [0.1, 0.15) is 10.4 Å². The van der Waals surface area contributed by atoms with E-state index in [9.17, 15) is 4.79 Å². The number of hydrogen-bond acceptors (Lipinski definition) is 3. The van der Waals surface area contributed by atoms with Gasteiger partial charge in [0, 0.05) is 23.9 Å². The van der Waals surface area contributed by atoms with Gasteiger partial charge in [0.05, 0.1) is 21.6 Å². The van der Waals surface area contributed by atoms with Crippen molar-refractivity contribution in [2.24, 2.45) is 0 Å². The number of benzene rings is 2. The van der Waals surface area contributed by atoms with Gasteiger partial charge in [0.15, 0.2) is 0 Å². The van der Waals surface area contributed by atoms with Crippen LogP contribution < -0.4 is 5.32 Å². The van der Waals surface area contributed by atoms with E-state index in [2.05, 4.69) is 10.3 Å². The average Bonchev–Trinajstić information content (AvgIpc) is 2.54. The maximum absolute atomic E-state index is 12.5. The fourth-order valence-corrected chi connectivity index (χ4v) is 2.85. The smallest absolute Gasteiger partial charge is 0.253 e. The summed E-state index contributed by atoms with van der Waals surface area (Å²) in [6.45, 7) is 1.37. The van der Waals surface area contributed by atoms with Crippen LogP contribution in [0, 0.1) is 0 Å². The maximum Gasteiger partial charge on any atom is 0.253 e. The molecule has 0 aliphatic rings. The number of nitrogens with one attached hydrogen (secondary N) is 1. The molecule has 0 fully saturated rings. The summed E-state index contributed by atoms with van der Waals surface area (Å²) < 4.78 is 0. The number of carbonyl (C=O) groups excluding carboxylic acids is 1. The Morgan fingerprint density at radius 1 is 1.13 bits per heavy atom. The molecule has 0 saturated carbocycles. The summed E-state index contributed by atoms with van der Waals surface area (Å²) in [5.41, 5.74) is 1.98. The molecule has 1 heterocycles. The third kappa shape index (κ3) is 3.14. The minimum absolute atomic E-state index is 0.128. The molecular weight excluding hydrogens is 310 g/mol. The average molecular weight is 328 g/mol. The number of halogens is 1. The van der Waals surface area contributed by atoms with Crippen LogP contribution in [0.15, 0.2) is 42.5 Å². The number of aromatic nitrogens is 1. The van der Waals surface area contributed by atoms with E-state index in [0.29, 0.717) is 22.6 Å². The Morgan fingerprint density at radius 3 is 2.65 bits per heavy atom. The van der Waals surface area contributed by atoms with Gasteiger partial charge in [-0.2, -0.15) is 0 Å². The number of amides is 1. The summed E-state index contributed by atoms with van der Waals surface area (Å²) in [5, 5.41) is 5.25. The van der Waals surface area contributed by atoms with Gasteiger partial charge >= 0.3 is 0 Å². The zero-order valence-corrected chi connectivity index (χ0v) is 13.9. The lowest BCUT2D eigenvalue weighted by atomic mass is 10.1. The van der Waals surface area contributed by atoms with Gasteiger partial charge in [0.25, 0.3) is 5.91 Å². The van der Waals surface area contributed by atoms with E-state index >= 15 is 0 Å². The van der Waals surface area contributed by atoms with Gasteiger partial charge in [-0.3, -0.25) is 4.79 Å². The first-order valence-corrected chi connectivity index (χ1v) is 7.85. The van der Waals surface area contributed by atoms with Crippen LogP contribution in [-0.4, -0.2) is 43.0 Å². The highest BCUT2D eigenvalue weighted by molar-refractivity contribution is 6.40. The van der Waals surface area contributed by atoms with Crippen LogP contribution in [0.25, 0.3) is 21.8 Å². The molecule has 3 aromatic rings. The highest BCUT2D eigenvalue weighted by Crippen LogP contribution is 2.31. The fraction of sp³-hybridized carbons (Fsp3) is 0.222. The number of likely N-dealkylation sites (N-methyl/N-ethyl adjacent to an activating group) is 1. The van der Waals surface area contributed by atoms with E-state index < -0.39 is 0 Å². The lowest BCUT2D eigenvalue weighted by molar-refractivity contribution is 0.0952. The van der Waals surface area contributed by atoms with E-state index in [-0.39, 0.29) is 5.91 Å². The predicted octanol–water partition coefficient (Wildman–Crippen LogP) is 3.33. The molecule has 0 saturated heterocycles. The molecule has 0 unspecified atom stereocenters. The molecule has 3 rings (SSSR count). The number of hydrogen-bond donors (Lipinski definition) is 1. The number of carbonyl (C=O) groups is 1. The highest BCUT2D eigenvalue weighted by atomic mass is 35.5. The van der Waals surface area contributed by atoms with E-state index in [4.69, 9.17) is 11.6 Å². The van der Waals surface area contributed by atoms with E-state index in [1.807, 2.05) is 55.4 Å². The lowest BCUT2D eigenvalue weighted by Crippen LogP contribution is -2.31. The zero-order chi connectivity index (χ0) is 16.4. The second-order valence-corrected chi connectivity index (χ2v) is 6.08. The van der Waals surface area contributed by atoms with Crippen LogP contribution in [0.3, 0.4) is 0 Å². The predicted molar refractivity (Wildman–Crippen MR) is 95.1 cm³/mol. The van der Waals surface area contributed by atoms with Gasteiger partial charge in [0.2, 0.25) is 0 Å². The molecule has 118 valence electrons. The standard InChI is InChI=1S/C18H18ClN3O/c1-22(2)11-10-20-18(23)14-8-5-7-13-16(19)12-6-3-4-9-15(12)21-17(13)14/h3-9H,10-11H2,1-2H3,(H,20,23). The highest BCUT2D eigenvalue weighted by Gasteiger charge is 2.14. The minimum atomic E-state index is -0.128. The van der Waals surface area contributed by atoms with Gasteiger partial charge in [-0.05, 0) is 26.2 Å². The molecule has 1 aromatic heterocycles. The summed E-state index contributed by atoms with van der Waals surface area (Å²) >= 11 is 6.52. The first-order valence-electron chi connectivity index (χ1n) is 7.48. The van der Waals surface area contributed by atoms with Crippen LogP contribution in [-0.2, 0) is 0 Å². The summed E-state index contributed by atoms with van der Waals surface area (Å²) in [5.74, 6) is -0.128. The van der Waals surface area contributed by atoms with Crippen molar-refractivity contribution in [2.75, 3.05) is 27.2 Å². The van der Waals surface area contributed by atoms with Gasteiger partial charge in [-0.25, -0.2) is 4.98 Å². The fourth-order valence-electron chi connectivity index (χ4n) is 2.53. The molecule has 0 bridgehead atoms. The van der Waals surface area contributed by atoms with Crippen molar-refractivity contribution in [3.05, 3.63) is 53.1 Å². The van der Waals surface area contributed by atoms with Crippen molar-refractivity contribution < 1.29 is 4.79 Å². The van der Waals surface area contributed by atoms with Crippen LogP contribution >= 0.6 is 11.6 Å². The summed E-state index contributed by atoms with van der Waals surface area (Å²) in [6, 6.07) is 13.2. The molecule has 23 heavy (non-hydrogen) atoms. The number of pyridine rings is 1. The Bertz CT molecular complexity index is 877. The van der Waals surface area contributed by atoms with E-state index in [1.165, 1.54) is 0 Å². The van der Waals surface area contributed by atoms with Gasteiger partial charge in [-0.15, -0.1) is 0 Å². The Morgan fingerprint density at radius 2 is 1.87 bits per heavy atom. The lowest BCUT2D eigenvalue weighted by Gasteiger charge is -2.12. The van der Waals surface area contributed by atoms with E-state index in [1.54, 1.807) is 6.07 Å². The number of fused-ring (bicyclic) bond motifs is 2. The second-order valence-electron chi connectivity index (χ2n) is 5.70. The summed E-state index contributed by atoms with van der Waals surface area (Å²) in [6.07, 6.45) is 0. The molecule has 4 nitrogen and oxygen atoms in total. The molecule has 0 aliphatic heterocycles. The third-order valence-electron chi connectivity index (χ3n) is 3.73. The van der Waals surface area contributed by atoms with Crippen molar-refractivity contribution in [3.8, 4) is 0 Å². The van der Waals surface area contributed by atoms with Crippen LogP contribution in [0.2, 0.25) is 5.02 Å². The van der Waals surface area contributed by atoms with Gasteiger partial charge in [-0.1, -0.05) is 41.9 Å². The molecule has 0 radical (unpaired) electrons. The Hall–Kier alpha value is -2.17.